The third-order valence-electron chi connectivity index (χ3n) is 3.78. The quantitative estimate of drug-likeness (QED) is 0.562. The lowest BCUT2D eigenvalue weighted by Gasteiger charge is -2.32. The first-order valence-electron chi connectivity index (χ1n) is 7.04. The van der Waals surface area contributed by atoms with Crippen molar-refractivity contribution < 1.29 is 4.79 Å². The zero-order chi connectivity index (χ0) is 14.5. The van der Waals surface area contributed by atoms with Gasteiger partial charge in [0.2, 0.25) is 0 Å². The van der Waals surface area contributed by atoms with Crippen molar-refractivity contribution in [1.29, 1.82) is 0 Å². The zero-order valence-corrected chi connectivity index (χ0v) is 12.1. The molecule has 0 bridgehead atoms. The van der Waals surface area contributed by atoms with E-state index in [0.717, 1.165) is 18.7 Å². The fourth-order valence-corrected chi connectivity index (χ4v) is 2.59. The second-order valence-corrected chi connectivity index (χ2v) is 5.37. The predicted octanol–water partition coefficient (Wildman–Crippen LogP) is 0.890. The van der Waals surface area contributed by atoms with E-state index in [-0.39, 0.29) is 5.91 Å². The Bertz CT molecular complexity index is 477. The molecule has 0 spiro atoms. The molecule has 1 atom stereocenters. The van der Waals surface area contributed by atoms with Gasteiger partial charge in [-0.05, 0) is 45.5 Å². The van der Waals surface area contributed by atoms with Crippen LogP contribution in [0.15, 0.2) is 12.1 Å². The van der Waals surface area contributed by atoms with Gasteiger partial charge in [0.05, 0.1) is 0 Å². The lowest BCUT2D eigenvalue weighted by Crippen LogP contribution is -2.44. The van der Waals surface area contributed by atoms with Crippen molar-refractivity contribution in [2.75, 3.05) is 25.6 Å². The highest BCUT2D eigenvalue weighted by atomic mass is 16.1. The van der Waals surface area contributed by atoms with E-state index >= 15 is 0 Å². The Labute approximate surface area is 119 Å². The van der Waals surface area contributed by atoms with Gasteiger partial charge >= 0.3 is 0 Å². The summed E-state index contributed by atoms with van der Waals surface area (Å²) >= 11 is 0. The molecular formula is C14H23N5O. The molecule has 0 radical (unpaired) electrons. The molecule has 1 saturated heterocycles. The normalized spacial score (nSPS) is 19.6. The molecule has 1 aromatic rings. The molecule has 6 heteroatoms. The van der Waals surface area contributed by atoms with Gasteiger partial charge in [-0.2, -0.15) is 0 Å². The van der Waals surface area contributed by atoms with Crippen molar-refractivity contribution in [3.8, 4) is 0 Å². The molecule has 1 aliphatic rings. The van der Waals surface area contributed by atoms with Gasteiger partial charge in [-0.25, -0.2) is 10.8 Å². The second-order valence-electron chi connectivity index (χ2n) is 5.37. The minimum Gasteiger partial charge on any atom is -0.350 e. The summed E-state index contributed by atoms with van der Waals surface area (Å²) in [6, 6.07) is 3.86. The van der Waals surface area contributed by atoms with Crippen LogP contribution in [0.3, 0.4) is 0 Å². The molecule has 20 heavy (non-hydrogen) atoms. The Hall–Kier alpha value is -1.66. The minimum atomic E-state index is -0.0778. The van der Waals surface area contributed by atoms with Crippen LogP contribution in [0.5, 0.6) is 0 Å². The van der Waals surface area contributed by atoms with E-state index in [0.29, 0.717) is 24.0 Å². The van der Waals surface area contributed by atoms with Crippen molar-refractivity contribution in [2.45, 2.75) is 32.2 Å². The first-order valence-corrected chi connectivity index (χ1v) is 7.04. The van der Waals surface area contributed by atoms with Crippen molar-refractivity contribution in [2.24, 2.45) is 5.84 Å². The lowest BCUT2D eigenvalue weighted by atomic mass is 10.0. The molecule has 1 aromatic heterocycles. The largest absolute Gasteiger partial charge is 0.350 e. The molecule has 1 amide bonds. The number of likely N-dealkylation sites (tertiary alicyclic amines) is 1. The summed E-state index contributed by atoms with van der Waals surface area (Å²) in [5.74, 6) is 5.77. The number of aromatic nitrogens is 1. The number of piperidine rings is 1. The molecule has 0 aromatic carbocycles. The fraction of sp³-hybridized carbons (Fsp3) is 0.571. The Morgan fingerprint density at radius 3 is 3.00 bits per heavy atom. The van der Waals surface area contributed by atoms with Crippen LogP contribution in [-0.4, -0.2) is 42.0 Å². The van der Waals surface area contributed by atoms with Gasteiger partial charge in [-0.3, -0.25) is 4.79 Å². The summed E-state index contributed by atoms with van der Waals surface area (Å²) in [5.41, 5.74) is 3.83. The van der Waals surface area contributed by atoms with Crippen molar-refractivity contribution >= 4 is 11.7 Å². The van der Waals surface area contributed by atoms with Gasteiger partial charge < -0.3 is 15.6 Å². The Kier molecular flexibility index (Phi) is 4.92. The Morgan fingerprint density at radius 2 is 2.30 bits per heavy atom. The molecule has 2 rings (SSSR count). The highest BCUT2D eigenvalue weighted by Crippen LogP contribution is 2.14. The number of carbonyl (C=O) groups is 1. The van der Waals surface area contributed by atoms with Crippen LogP contribution in [0.4, 0.5) is 5.82 Å². The van der Waals surface area contributed by atoms with Crippen LogP contribution in [0.25, 0.3) is 0 Å². The first kappa shape index (κ1) is 14.7. The van der Waals surface area contributed by atoms with Crippen molar-refractivity contribution in [3.05, 3.63) is 23.4 Å². The SMILES string of the molecule is Cc1cc(C(=O)NCC2CCCCN2C)cc(NN)n1. The maximum Gasteiger partial charge on any atom is 0.251 e. The van der Waals surface area contributed by atoms with Gasteiger partial charge in [0.1, 0.15) is 5.82 Å². The average molecular weight is 277 g/mol. The molecule has 6 nitrogen and oxygen atoms in total. The molecule has 0 aliphatic carbocycles. The van der Waals surface area contributed by atoms with Crippen LogP contribution in [-0.2, 0) is 0 Å². The molecule has 2 heterocycles. The van der Waals surface area contributed by atoms with Gasteiger partial charge in [-0.1, -0.05) is 6.42 Å². The highest BCUT2D eigenvalue weighted by molar-refractivity contribution is 5.95. The van der Waals surface area contributed by atoms with Crippen LogP contribution in [0, 0.1) is 6.92 Å². The molecule has 1 unspecified atom stereocenters. The van der Waals surface area contributed by atoms with Gasteiger partial charge in [0.15, 0.2) is 0 Å². The number of anilines is 1. The second kappa shape index (κ2) is 6.67. The number of nitrogens with one attached hydrogen (secondary N) is 2. The zero-order valence-electron chi connectivity index (χ0n) is 12.1. The van der Waals surface area contributed by atoms with Crippen molar-refractivity contribution in [3.63, 3.8) is 0 Å². The molecule has 1 aliphatic heterocycles. The van der Waals surface area contributed by atoms with E-state index in [1.165, 1.54) is 12.8 Å². The third kappa shape index (κ3) is 3.68. The molecule has 110 valence electrons. The number of hydrogen-bond acceptors (Lipinski definition) is 5. The van der Waals surface area contributed by atoms with Gasteiger partial charge in [-0.15, -0.1) is 0 Å². The van der Waals surface area contributed by atoms with Gasteiger partial charge in [0.25, 0.3) is 5.91 Å². The summed E-state index contributed by atoms with van der Waals surface area (Å²) in [7, 11) is 2.11. The Balaban J connectivity index is 1.96. The summed E-state index contributed by atoms with van der Waals surface area (Å²) in [4.78, 5) is 18.7. The number of likely N-dealkylation sites (N-methyl/N-ethyl adjacent to an activating group) is 1. The number of carbonyl (C=O) groups excluding carboxylic acids is 1. The minimum absolute atomic E-state index is 0.0778. The fourth-order valence-electron chi connectivity index (χ4n) is 2.59. The average Bonchev–Trinajstić information content (AvgIpc) is 2.45. The lowest BCUT2D eigenvalue weighted by molar-refractivity contribution is 0.0928. The molecule has 1 fully saturated rings. The predicted molar refractivity (Wildman–Crippen MR) is 79.4 cm³/mol. The van der Waals surface area contributed by atoms with E-state index in [9.17, 15) is 4.79 Å². The standard InChI is InChI=1S/C14H23N5O/c1-10-7-11(8-13(17-10)18-15)14(20)16-9-12-5-3-4-6-19(12)2/h7-8,12H,3-6,9,15H2,1-2H3,(H,16,20)(H,17,18). The summed E-state index contributed by atoms with van der Waals surface area (Å²) in [5, 5.41) is 3.00. The number of aryl methyl sites for hydroxylation is 1. The number of hydrogen-bond donors (Lipinski definition) is 3. The van der Waals surface area contributed by atoms with E-state index < -0.39 is 0 Å². The molecule has 4 N–H and O–H groups in total. The number of nitrogens with two attached hydrogens (primary N) is 1. The first-order chi connectivity index (χ1) is 9.60. The monoisotopic (exact) mass is 277 g/mol. The molecule has 0 saturated carbocycles. The number of hydrazine groups is 1. The highest BCUT2D eigenvalue weighted by Gasteiger charge is 2.19. The van der Waals surface area contributed by atoms with E-state index in [1.807, 2.05) is 6.92 Å². The van der Waals surface area contributed by atoms with Gasteiger partial charge in [0, 0.05) is 23.8 Å². The van der Waals surface area contributed by atoms with Crippen LogP contribution in [0.2, 0.25) is 0 Å². The number of rotatable bonds is 4. The summed E-state index contributed by atoms with van der Waals surface area (Å²) < 4.78 is 0. The third-order valence-corrected chi connectivity index (χ3v) is 3.78. The maximum atomic E-state index is 12.2. The summed E-state index contributed by atoms with van der Waals surface area (Å²) in [6.45, 7) is 3.63. The number of amides is 1. The van der Waals surface area contributed by atoms with Crippen LogP contribution < -0.4 is 16.6 Å². The molecular weight excluding hydrogens is 254 g/mol. The summed E-state index contributed by atoms with van der Waals surface area (Å²) in [6.07, 6.45) is 3.62. The number of nitrogen functional groups attached to an aromatic ring is 1. The van der Waals surface area contributed by atoms with E-state index in [1.54, 1.807) is 12.1 Å². The Morgan fingerprint density at radius 1 is 1.50 bits per heavy atom. The topological polar surface area (TPSA) is 83.3 Å². The van der Waals surface area contributed by atoms with E-state index in [4.69, 9.17) is 5.84 Å². The number of nitrogens with zero attached hydrogens (tertiary/aromatic N) is 2. The van der Waals surface area contributed by atoms with E-state index in [2.05, 4.69) is 27.7 Å². The number of pyridine rings is 1. The van der Waals surface area contributed by atoms with Crippen molar-refractivity contribution in [1.82, 2.24) is 15.2 Å². The smallest absolute Gasteiger partial charge is 0.251 e. The van der Waals surface area contributed by atoms with Crippen LogP contribution in [0.1, 0.15) is 35.3 Å². The maximum absolute atomic E-state index is 12.2. The van der Waals surface area contributed by atoms with Crippen LogP contribution >= 0.6 is 0 Å².